The fourth-order valence-corrected chi connectivity index (χ4v) is 3.67. The maximum absolute atomic E-state index is 3.93. The lowest BCUT2D eigenvalue weighted by Crippen LogP contribution is -2.02. The average Bonchev–Trinajstić information content (AvgIpc) is 2.67. The summed E-state index contributed by atoms with van der Waals surface area (Å²) < 4.78 is 0. The van der Waals surface area contributed by atoms with Crippen LogP contribution < -0.4 is 0 Å². The fourth-order valence-electron chi connectivity index (χ4n) is 3.67. The number of rotatable bonds is 5. The Morgan fingerprint density at radius 3 is 2.04 bits per heavy atom. The highest BCUT2D eigenvalue weighted by atomic mass is 14.2. The lowest BCUT2D eigenvalue weighted by Gasteiger charge is -2.22. The van der Waals surface area contributed by atoms with Crippen molar-refractivity contribution in [3.63, 3.8) is 0 Å². The van der Waals surface area contributed by atoms with Crippen molar-refractivity contribution in [2.45, 2.75) is 41.5 Å². The first-order chi connectivity index (χ1) is 12.5. The zero-order chi connectivity index (χ0) is 19.3. The van der Waals surface area contributed by atoms with E-state index in [1.807, 2.05) is 6.08 Å². The van der Waals surface area contributed by atoms with Gasteiger partial charge in [0.15, 0.2) is 0 Å². The lowest BCUT2D eigenvalue weighted by molar-refractivity contribution is 1.34. The molecule has 0 aliphatic carbocycles. The summed E-state index contributed by atoms with van der Waals surface area (Å²) in [4.78, 5) is 0. The molecule has 0 radical (unpaired) electrons. The highest BCUT2D eigenvalue weighted by molar-refractivity contribution is 6.00. The molecule has 0 fully saturated rings. The number of fused-ring (bicyclic) bond motifs is 1. The number of hydrogen-bond donors (Lipinski definition) is 0. The molecule has 0 aliphatic rings. The summed E-state index contributed by atoms with van der Waals surface area (Å²) in [7, 11) is 0. The molecular weight excluding hydrogens is 312 g/mol. The molecule has 0 nitrogen and oxygen atoms in total. The van der Waals surface area contributed by atoms with Crippen LogP contribution in [0.1, 0.15) is 49.9 Å². The summed E-state index contributed by atoms with van der Waals surface area (Å²) in [6.07, 6.45) is 12.8. The van der Waals surface area contributed by atoms with Crippen molar-refractivity contribution in [2.75, 3.05) is 0 Å². The first-order valence-electron chi connectivity index (χ1n) is 9.29. The summed E-state index contributed by atoms with van der Waals surface area (Å²) in [5.41, 5.74) is 9.02. The van der Waals surface area contributed by atoms with Gasteiger partial charge in [-0.1, -0.05) is 67.3 Å². The Morgan fingerprint density at radius 1 is 0.923 bits per heavy atom. The second-order valence-electron chi connectivity index (χ2n) is 6.57. The van der Waals surface area contributed by atoms with E-state index < -0.39 is 0 Å². The number of hydrogen-bond acceptors (Lipinski definition) is 0. The monoisotopic (exact) mass is 342 g/mol. The minimum Gasteiger partial charge on any atom is -0.0990 e. The predicted octanol–water partition coefficient (Wildman–Crippen LogP) is 7.97. The van der Waals surface area contributed by atoms with Gasteiger partial charge in [0.2, 0.25) is 0 Å². The molecule has 0 heterocycles. The molecule has 0 bridgehead atoms. The highest BCUT2D eigenvalue weighted by Crippen LogP contribution is 2.39. The summed E-state index contributed by atoms with van der Waals surface area (Å²) in [5, 5.41) is 2.65. The van der Waals surface area contributed by atoms with Gasteiger partial charge in [-0.15, -0.1) is 0 Å². The normalized spacial score (nSPS) is 13.7. The Morgan fingerprint density at radius 2 is 1.54 bits per heavy atom. The van der Waals surface area contributed by atoms with Gasteiger partial charge in [-0.2, -0.15) is 0 Å². The van der Waals surface area contributed by atoms with E-state index in [9.17, 15) is 0 Å². The molecule has 26 heavy (non-hydrogen) atoms. The molecule has 0 unspecified atom stereocenters. The van der Waals surface area contributed by atoms with Crippen molar-refractivity contribution in [1.82, 2.24) is 0 Å². The number of allylic oxidation sites excluding steroid dienone is 8. The van der Waals surface area contributed by atoms with Gasteiger partial charge in [-0.3, -0.25) is 0 Å². The Hall–Kier alpha value is -2.60. The van der Waals surface area contributed by atoms with E-state index in [-0.39, 0.29) is 0 Å². The Balaban J connectivity index is 2.99. The Labute approximate surface area is 159 Å². The zero-order valence-corrected chi connectivity index (χ0v) is 17.0. The molecule has 0 atom stereocenters. The van der Waals surface area contributed by atoms with Gasteiger partial charge in [0.1, 0.15) is 0 Å². The van der Waals surface area contributed by atoms with Crippen molar-refractivity contribution >= 4 is 22.4 Å². The topological polar surface area (TPSA) is 0 Å². The standard InChI is InChI=1S/C26H30/c1-8-14-22(18(5)10-3)21(11-4)26-20(7)24-17-13-12-16-23(24)19(6)25(26)15-9-2/h8-17H,1H2,2-7H3/b15-9-,18-10-,21-11-,22-14+. The van der Waals surface area contributed by atoms with Crippen LogP contribution in [0.25, 0.3) is 22.4 Å². The molecule has 0 amide bonds. The average molecular weight is 343 g/mol. The van der Waals surface area contributed by atoms with Crippen LogP contribution in [0, 0.1) is 13.8 Å². The smallest absolute Gasteiger partial charge is 0.00704 e. The molecule has 2 aromatic carbocycles. The minimum atomic E-state index is 1.23. The first kappa shape index (κ1) is 19.7. The van der Waals surface area contributed by atoms with Gasteiger partial charge in [0.25, 0.3) is 0 Å². The maximum Gasteiger partial charge on any atom is -0.00704 e. The van der Waals surface area contributed by atoms with Crippen LogP contribution >= 0.6 is 0 Å². The zero-order valence-electron chi connectivity index (χ0n) is 17.0. The van der Waals surface area contributed by atoms with Crippen molar-refractivity contribution < 1.29 is 0 Å². The molecule has 0 aliphatic heterocycles. The first-order valence-corrected chi connectivity index (χ1v) is 9.29. The molecule has 2 rings (SSSR count). The van der Waals surface area contributed by atoms with E-state index in [0.29, 0.717) is 0 Å². The van der Waals surface area contributed by atoms with Crippen molar-refractivity contribution in [3.05, 3.63) is 94.6 Å². The van der Waals surface area contributed by atoms with Crippen LogP contribution in [0.4, 0.5) is 0 Å². The molecule has 0 spiro atoms. The van der Waals surface area contributed by atoms with Gasteiger partial charge in [-0.05, 0) is 91.3 Å². The highest BCUT2D eigenvalue weighted by Gasteiger charge is 2.18. The molecule has 0 N–H and O–H groups in total. The van der Waals surface area contributed by atoms with Crippen LogP contribution in [0.5, 0.6) is 0 Å². The maximum atomic E-state index is 3.93. The number of benzene rings is 2. The van der Waals surface area contributed by atoms with Crippen LogP contribution in [0.15, 0.2) is 72.4 Å². The summed E-state index contributed by atoms with van der Waals surface area (Å²) >= 11 is 0. The third-order valence-electron chi connectivity index (χ3n) is 5.11. The van der Waals surface area contributed by atoms with E-state index >= 15 is 0 Å². The van der Waals surface area contributed by atoms with E-state index in [2.05, 4.69) is 103 Å². The van der Waals surface area contributed by atoms with Gasteiger partial charge in [0, 0.05) is 0 Å². The summed E-state index contributed by atoms with van der Waals surface area (Å²) in [6, 6.07) is 8.70. The largest absolute Gasteiger partial charge is 0.0990 e. The third kappa shape index (κ3) is 3.51. The summed E-state index contributed by atoms with van der Waals surface area (Å²) in [6.45, 7) is 16.9. The Kier molecular flexibility index (Phi) is 6.58. The second kappa shape index (κ2) is 8.67. The molecule has 134 valence electrons. The quantitative estimate of drug-likeness (QED) is 0.483. The number of aryl methyl sites for hydroxylation is 2. The van der Waals surface area contributed by atoms with Crippen LogP contribution in [0.2, 0.25) is 0 Å². The molecule has 0 aromatic heterocycles. The fraction of sp³-hybridized carbons (Fsp3) is 0.231. The van der Waals surface area contributed by atoms with Gasteiger partial charge in [-0.25, -0.2) is 0 Å². The van der Waals surface area contributed by atoms with Crippen LogP contribution in [-0.2, 0) is 0 Å². The minimum absolute atomic E-state index is 1.23. The van der Waals surface area contributed by atoms with Gasteiger partial charge >= 0.3 is 0 Å². The molecule has 0 saturated carbocycles. The van der Waals surface area contributed by atoms with Crippen LogP contribution in [0.3, 0.4) is 0 Å². The van der Waals surface area contributed by atoms with Crippen molar-refractivity contribution in [2.24, 2.45) is 0 Å². The molecule has 2 aromatic rings. The van der Waals surface area contributed by atoms with Crippen molar-refractivity contribution in [3.8, 4) is 0 Å². The van der Waals surface area contributed by atoms with E-state index in [1.165, 1.54) is 49.7 Å². The SMILES string of the molecule is C=C/C=C(C(\C)=C/C)/C(=C/C)c1c(/C=C\C)c(C)c2ccccc2c1C. The van der Waals surface area contributed by atoms with E-state index in [0.717, 1.165) is 0 Å². The summed E-state index contributed by atoms with van der Waals surface area (Å²) in [5.74, 6) is 0. The van der Waals surface area contributed by atoms with E-state index in [4.69, 9.17) is 0 Å². The Bertz CT molecular complexity index is 944. The lowest BCUT2D eigenvalue weighted by atomic mass is 9.82. The van der Waals surface area contributed by atoms with E-state index in [1.54, 1.807) is 0 Å². The molecule has 0 saturated heterocycles. The van der Waals surface area contributed by atoms with Gasteiger partial charge < -0.3 is 0 Å². The second-order valence-corrected chi connectivity index (χ2v) is 6.57. The third-order valence-corrected chi connectivity index (χ3v) is 5.11. The van der Waals surface area contributed by atoms with Crippen LogP contribution in [-0.4, -0.2) is 0 Å². The van der Waals surface area contributed by atoms with Gasteiger partial charge in [0.05, 0.1) is 0 Å². The predicted molar refractivity (Wildman–Crippen MR) is 119 cm³/mol. The van der Waals surface area contributed by atoms with Crippen molar-refractivity contribution in [1.29, 1.82) is 0 Å². The molecule has 0 heteroatoms. The molecular formula is C26H30.